The number of rotatable bonds is 6. The number of aromatic hydroxyl groups is 1. The number of aromatic nitrogens is 2. The van der Waals surface area contributed by atoms with E-state index < -0.39 is 0 Å². The van der Waals surface area contributed by atoms with Crippen LogP contribution >= 0.6 is 11.8 Å². The minimum atomic E-state index is 0.162. The predicted octanol–water partition coefficient (Wildman–Crippen LogP) is 2.75. The molecule has 1 aromatic heterocycles. The third-order valence-electron chi connectivity index (χ3n) is 4.38. The lowest BCUT2D eigenvalue weighted by Crippen LogP contribution is -2.46. The van der Waals surface area contributed by atoms with Gasteiger partial charge in [-0.3, -0.25) is 4.90 Å². The Labute approximate surface area is 158 Å². The largest absolute Gasteiger partial charge is 0.504 e. The Morgan fingerprint density at radius 1 is 1.23 bits per heavy atom. The molecule has 6 nitrogen and oxygen atoms in total. The van der Waals surface area contributed by atoms with Crippen molar-refractivity contribution < 1.29 is 9.84 Å². The monoisotopic (exact) mass is 372 g/mol. The first kappa shape index (κ1) is 18.5. The van der Waals surface area contributed by atoms with Crippen LogP contribution in [-0.2, 0) is 0 Å². The van der Waals surface area contributed by atoms with Gasteiger partial charge in [0.05, 0.1) is 7.11 Å². The van der Waals surface area contributed by atoms with Gasteiger partial charge >= 0.3 is 0 Å². The molecule has 0 unspecified atom stereocenters. The van der Waals surface area contributed by atoms with E-state index in [1.54, 1.807) is 24.9 Å². The molecule has 3 rings (SSSR count). The summed E-state index contributed by atoms with van der Waals surface area (Å²) in [4.78, 5) is 13.5. The van der Waals surface area contributed by atoms with Crippen molar-refractivity contribution in [1.29, 1.82) is 0 Å². The first-order valence-electron chi connectivity index (χ1n) is 8.57. The predicted molar refractivity (Wildman–Crippen MR) is 106 cm³/mol. The molecule has 2 aromatic rings. The van der Waals surface area contributed by atoms with Crippen LogP contribution in [-0.4, -0.2) is 66.1 Å². The van der Waals surface area contributed by atoms with Crippen LogP contribution in [0.15, 0.2) is 41.7 Å². The summed E-state index contributed by atoms with van der Waals surface area (Å²) in [6.07, 6.45) is 8.03. The molecule has 1 fully saturated rings. The van der Waals surface area contributed by atoms with E-state index in [0.29, 0.717) is 5.75 Å². The maximum absolute atomic E-state index is 9.64. The lowest BCUT2D eigenvalue weighted by molar-refractivity contribution is 0.283. The van der Waals surface area contributed by atoms with Crippen molar-refractivity contribution in [1.82, 2.24) is 14.9 Å². The Kier molecular flexibility index (Phi) is 6.35. The van der Waals surface area contributed by atoms with E-state index in [9.17, 15) is 5.11 Å². The van der Waals surface area contributed by atoms with Crippen LogP contribution in [0.1, 0.15) is 5.56 Å². The molecule has 26 heavy (non-hydrogen) atoms. The SMILES string of the molecule is COc1cc(/C=C/CN2CCN(c3ccnc(SC)n3)CC2)ccc1O. The van der Waals surface area contributed by atoms with E-state index in [1.807, 2.05) is 30.7 Å². The zero-order chi connectivity index (χ0) is 18.4. The standard InChI is InChI=1S/C19H24N4O2S/c1-25-17-14-15(5-6-16(17)24)4-3-9-22-10-12-23(13-11-22)18-7-8-20-19(21-18)26-2/h3-8,14,24H,9-13H2,1-2H3/b4-3+. The molecule has 1 N–H and O–H groups in total. The van der Waals surface area contributed by atoms with Crippen molar-refractivity contribution in [2.75, 3.05) is 51.0 Å². The van der Waals surface area contributed by atoms with E-state index in [4.69, 9.17) is 4.74 Å². The molecule has 1 aromatic carbocycles. The van der Waals surface area contributed by atoms with Crippen LogP contribution < -0.4 is 9.64 Å². The number of hydrogen-bond donors (Lipinski definition) is 1. The number of phenolic OH excluding ortho intramolecular Hbond substituents is 1. The van der Waals surface area contributed by atoms with Crippen LogP contribution in [0.3, 0.4) is 0 Å². The Bertz CT molecular complexity index is 761. The van der Waals surface area contributed by atoms with Crippen LogP contribution in [0, 0.1) is 0 Å². The van der Waals surface area contributed by atoms with E-state index in [0.717, 1.165) is 49.3 Å². The zero-order valence-corrected chi connectivity index (χ0v) is 15.9. The van der Waals surface area contributed by atoms with Gasteiger partial charge in [0.1, 0.15) is 5.82 Å². The van der Waals surface area contributed by atoms with Gasteiger partial charge in [-0.05, 0) is 30.0 Å². The van der Waals surface area contributed by atoms with Crippen LogP contribution in [0.5, 0.6) is 11.5 Å². The maximum atomic E-state index is 9.64. The van der Waals surface area contributed by atoms with Crippen molar-refractivity contribution in [3.05, 3.63) is 42.1 Å². The van der Waals surface area contributed by atoms with Crippen LogP contribution in [0.25, 0.3) is 6.08 Å². The summed E-state index contributed by atoms with van der Waals surface area (Å²) in [5, 5.41) is 10.5. The van der Waals surface area contributed by atoms with E-state index in [-0.39, 0.29) is 5.75 Å². The van der Waals surface area contributed by atoms with Crippen molar-refractivity contribution in [3.63, 3.8) is 0 Å². The normalized spacial score (nSPS) is 15.5. The molecule has 0 atom stereocenters. The Morgan fingerprint density at radius 2 is 2.04 bits per heavy atom. The second-order valence-corrected chi connectivity index (χ2v) is 6.80. The molecule has 0 radical (unpaired) electrons. The summed E-state index contributed by atoms with van der Waals surface area (Å²) in [6, 6.07) is 7.35. The quantitative estimate of drug-likeness (QED) is 0.618. The van der Waals surface area contributed by atoms with Gasteiger partial charge in [-0.15, -0.1) is 0 Å². The first-order valence-corrected chi connectivity index (χ1v) is 9.80. The molecule has 0 spiro atoms. The zero-order valence-electron chi connectivity index (χ0n) is 15.1. The van der Waals surface area contributed by atoms with Gasteiger partial charge in [-0.25, -0.2) is 9.97 Å². The Balaban J connectivity index is 1.51. The summed E-state index contributed by atoms with van der Waals surface area (Å²) >= 11 is 1.57. The Hall–Kier alpha value is -2.25. The lowest BCUT2D eigenvalue weighted by Gasteiger charge is -2.34. The van der Waals surface area contributed by atoms with Crippen LogP contribution in [0.4, 0.5) is 5.82 Å². The molecule has 1 saturated heterocycles. The van der Waals surface area contributed by atoms with Crippen molar-refractivity contribution in [3.8, 4) is 11.5 Å². The number of thioether (sulfide) groups is 1. The molecule has 0 bridgehead atoms. The number of methoxy groups -OCH3 is 1. The molecular formula is C19H24N4O2S. The maximum Gasteiger partial charge on any atom is 0.189 e. The van der Waals surface area contributed by atoms with Gasteiger partial charge in [0.2, 0.25) is 0 Å². The fourth-order valence-electron chi connectivity index (χ4n) is 2.90. The van der Waals surface area contributed by atoms with E-state index in [2.05, 4.69) is 31.9 Å². The average molecular weight is 372 g/mol. The summed E-state index contributed by atoms with van der Waals surface area (Å²) in [5.41, 5.74) is 1.02. The minimum absolute atomic E-state index is 0.162. The fraction of sp³-hybridized carbons (Fsp3) is 0.368. The van der Waals surface area contributed by atoms with Gasteiger partial charge in [-0.1, -0.05) is 30.0 Å². The Morgan fingerprint density at radius 3 is 2.77 bits per heavy atom. The second kappa shape index (κ2) is 8.91. The fourth-order valence-corrected chi connectivity index (χ4v) is 3.25. The molecule has 7 heteroatoms. The van der Waals surface area contributed by atoms with E-state index >= 15 is 0 Å². The van der Waals surface area contributed by atoms with Crippen LogP contribution in [0.2, 0.25) is 0 Å². The third-order valence-corrected chi connectivity index (χ3v) is 4.94. The molecule has 1 aliphatic heterocycles. The summed E-state index contributed by atoms with van der Waals surface area (Å²) in [6.45, 7) is 4.83. The van der Waals surface area contributed by atoms with Gasteiger partial charge in [0, 0.05) is 38.9 Å². The molecule has 0 aliphatic carbocycles. The highest BCUT2D eigenvalue weighted by molar-refractivity contribution is 7.98. The smallest absolute Gasteiger partial charge is 0.189 e. The third kappa shape index (κ3) is 4.68. The van der Waals surface area contributed by atoms with Gasteiger partial charge in [0.15, 0.2) is 16.7 Å². The van der Waals surface area contributed by atoms with Crippen molar-refractivity contribution in [2.24, 2.45) is 0 Å². The number of ether oxygens (including phenoxy) is 1. The van der Waals surface area contributed by atoms with Gasteiger partial charge in [0.25, 0.3) is 0 Å². The van der Waals surface area contributed by atoms with Crippen molar-refractivity contribution >= 4 is 23.7 Å². The topological polar surface area (TPSA) is 61.7 Å². The number of anilines is 1. The molecule has 0 saturated carbocycles. The van der Waals surface area contributed by atoms with Crippen molar-refractivity contribution in [2.45, 2.75) is 5.16 Å². The highest BCUT2D eigenvalue weighted by Gasteiger charge is 2.17. The summed E-state index contributed by atoms with van der Waals surface area (Å²) in [5.74, 6) is 1.67. The van der Waals surface area contributed by atoms with Gasteiger partial charge in [-0.2, -0.15) is 0 Å². The second-order valence-electron chi connectivity index (χ2n) is 6.02. The number of benzene rings is 1. The highest BCUT2D eigenvalue weighted by Crippen LogP contribution is 2.26. The molecular weight excluding hydrogens is 348 g/mol. The summed E-state index contributed by atoms with van der Waals surface area (Å²) < 4.78 is 5.14. The summed E-state index contributed by atoms with van der Waals surface area (Å²) in [7, 11) is 1.56. The number of piperazine rings is 1. The molecule has 1 aliphatic rings. The average Bonchev–Trinajstić information content (AvgIpc) is 2.70. The molecule has 2 heterocycles. The molecule has 138 valence electrons. The first-order chi connectivity index (χ1) is 12.7. The lowest BCUT2D eigenvalue weighted by atomic mass is 10.2. The number of phenols is 1. The minimum Gasteiger partial charge on any atom is -0.504 e. The van der Waals surface area contributed by atoms with Gasteiger partial charge < -0.3 is 14.7 Å². The number of nitrogens with zero attached hydrogens (tertiary/aromatic N) is 4. The molecule has 0 amide bonds. The van der Waals surface area contributed by atoms with E-state index in [1.165, 1.54) is 0 Å². The number of hydrogen-bond acceptors (Lipinski definition) is 7. The highest BCUT2D eigenvalue weighted by atomic mass is 32.2.